The van der Waals surface area contributed by atoms with E-state index in [9.17, 15) is 0 Å². The highest BCUT2D eigenvalue weighted by molar-refractivity contribution is 4.66. The van der Waals surface area contributed by atoms with Gasteiger partial charge in [0.25, 0.3) is 0 Å². The van der Waals surface area contributed by atoms with Gasteiger partial charge in [0.15, 0.2) is 0 Å². The Morgan fingerprint density at radius 1 is 0.857 bits per heavy atom. The topological polar surface area (TPSA) is 6.48 Å². The van der Waals surface area contributed by atoms with Gasteiger partial charge in [-0.1, -0.05) is 48.5 Å². The van der Waals surface area contributed by atoms with Gasteiger partial charge in [-0.3, -0.25) is 0 Å². The van der Waals surface area contributed by atoms with Crippen LogP contribution in [0.3, 0.4) is 0 Å². The van der Waals surface area contributed by atoms with Gasteiger partial charge in [0.1, 0.15) is 0 Å². The van der Waals surface area contributed by atoms with Gasteiger partial charge < -0.3 is 9.80 Å². The Labute approximate surface area is 136 Å². The van der Waals surface area contributed by atoms with E-state index < -0.39 is 0 Å². The maximum Gasteiger partial charge on any atom is 0.00385 e. The molecule has 1 heterocycles. The third-order valence-electron chi connectivity index (χ3n) is 3.56. The summed E-state index contributed by atoms with van der Waals surface area (Å²) in [6, 6.07) is 0.701. The Bertz CT molecular complexity index is 194. The summed E-state index contributed by atoms with van der Waals surface area (Å²) >= 11 is 0. The molecule has 1 saturated heterocycles. The molecule has 130 valence electrons. The van der Waals surface area contributed by atoms with E-state index >= 15 is 0 Å². The molecule has 1 rings (SSSR count). The molecule has 0 unspecified atom stereocenters. The smallest absolute Gasteiger partial charge is 0.00385 e. The van der Waals surface area contributed by atoms with Crippen molar-refractivity contribution in [3.63, 3.8) is 0 Å². The van der Waals surface area contributed by atoms with Crippen molar-refractivity contribution in [1.29, 1.82) is 0 Å². The first-order chi connectivity index (χ1) is 9.86. The highest BCUT2D eigenvalue weighted by atomic mass is 15.1. The molecule has 21 heavy (non-hydrogen) atoms. The normalized spacial score (nSPS) is 15.3. The molecule has 0 atom stereocenters. The molecule has 0 aromatic carbocycles. The average molecular weight is 301 g/mol. The Morgan fingerprint density at radius 2 is 1.33 bits per heavy atom. The first kappa shape index (κ1) is 23.2. The molecule has 0 amide bonds. The summed E-state index contributed by atoms with van der Waals surface area (Å²) in [5.41, 5.74) is 0. The van der Waals surface area contributed by atoms with Crippen LogP contribution in [0.15, 0.2) is 0 Å². The lowest BCUT2D eigenvalue weighted by Crippen LogP contribution is -2.33. The first-order valence-corrected chi connectivity index (χ1v) is 9.33. The van der Waals surface area contributed by atoms with Crippen LogP contribution in [0, 0.1) is 11.8 Å². The zero-order valence-corrected chi connectivity index (χ0v) is 16.6. The van der Waals surface area contributed by atoms with Crippen LogP contribution in [0.4, 0.5) is 0 Å². The standard InChI is InChI=1S/C9H21N.C8H17N.C2H6/c1-6-10(9(4)5)7-8(2)3;1-8(2)7-9-5-3-4-6-9;1-2/h8-9H,6-7H2,1-5H3;8H,3-7H2,1-2H3;1-2H3. The third-order valence-corrected chi connectivity index (χ3v) is 3.56. The average Bonchev–Trinajstić information content (AvgIpc) is 2.90. The Morgan fingerprint density at radius 3 is 1.57 bits per heavy atom. The van der Waals surface area contributed by atoms with E-state index in [-0.39, 0.29) is 0 Å². The van der Waals surface area contributed by atoms with Crippen LogP contribution >= 0.6 is 0 Å². The molecule has 1 aliphatic rings. The monoisotopic (exact) mass is 300 g/mol. The van der Waals surface area contributed by atoms with Crippen molar-refractivity contribution in [3.05, 3.63) is 0 Å². The van der Waals surface area contributed by atoms with E-state index in [0.717, 1.165) is 11.8 Å². The van der Waals surface area contributed by atoms with Crippen molar-refractivity contribution in [3.8, 4) is 0 Å². The summed E-state index contributed by atoms with van der Waals surface area (Å²) in [5.74, 6) is 1.64. The molecule has 2 nitrogen and oxygen atoms in total. The van der Waals surface area contributed by atoms with Crippen molar-refractivity contribution >= 4 is 0 Å². The number of nitrogens with zero attached hydrogens (tertiary/aromatic N) is 2. The lowest BCUT2D eigenvalue weighted by Gasteiger charge is -2.26. The van der Waals surface area contributed by atoms with E-state index in [1.807, 2.05) is 13.8 Å². The van der Waals surface area contributed by atoms with Crippen molar-refractivity contribution in [2.75, 3.05) is 32.7 Å². The van der Waals surface area contributed by atoms with E-state index in [0.29, 0.717) is 6.04 Å². The number of hydrogen-bond acceptors (Lipinski definition) is 2. The molecular weight excluding hydrogens is 256 g/mol. The van der Waals surface area contributed by atoms with E-state index in [1.54, 1.807) is 0 Å². The Hall–Kier alpha value is -0.0800. The lowest BCUT2D eigenvalue weighted by molar-refractivity contribution is 0.208. The second-order valence-electron chi connectivity index (χ2n) is 6.98. The van der Waals surface area contributed by atoms with Gasteiger partial charge in [-0.15, -0.1) is 0 Å². The largest absolute Gasteiger partial charge is 0.303 e. The summed E-state index contributed by atoms with van der Waals surface area (Å²) in [4.78, 5) is 5.05. The molecule has 0 N–H and O–H groups in total. The molecule has 0 saturated carbocycles. The minimum Gasteiger partial charge on any atom is -0.303 e. The molecule has 0 aromatic heterocycles. The fraction of sp³-hybridized carbons (Fsp3) is 1.00. The highest BCUT2D eigenvalue weighted by Crippen LogP contribution is 2.09. The van der Waals surface area contributed by atoms with Gasteiger partial charge >= 0.3 is 0 Å². The minimum absolute atomic E-state index is 0.701. The van der Waals surface area contributed by atoms with Gasteiger partial charge in [-0.05, 0) is 58.2 Å². The summed E-state index contributed by atoms with van der Waals surface area (Å²) in [5, 5.41) is 0. The van der Waals surface area contributed by atoms with Crippen molar-refractivity contribution in [2.45, 2.75) is 81.2 Å². The molecule has 2 heteroatoms. The fourth-order valence-corrected chi connectivity index (χ4v) is 2.66. The van der Waals surface area contributed by atoms with Gasteiger partial charge in [-0.25, -0.2) is 0 Å². The molecule has 1 aliphatic heterocycles. The van der Waals surface area contributed by atoms with Crippen LogP contribution in [0.25, 0.3) is 0 Å². The number of hydrogen-bond donors (Lipinski definition) is 0. The van der Waals surface area contributed by atoms with Crippen molar-refractivity contribution in [1.82, 2.24) is 9.80 Å². The second kappa shape index (κ2) is 14.8. The van der Waals surface area contributed by atoms with Crippen LogP contribution in [0.2, 0.25) is 0 Å². The number of likely N-dealkylation sites (tertiary alicyclic amines) is 1. The maximum atomic E-state index is 2.56. The number of rotatable bonds is 6. The van der Waals surface area contributed by atoms with Crippen molar-refractivity contribution in [2.24, 2.45) is 11.8 Å². The van der Waals surface area contributed by atoms with E-state index in [2.05, 4.69) is 58.3 Å². The molecule has 0 bridgehead atoms. The Balaban J connectivity index is 0. The predicted molar refractivity (Wildman–Crippen MR) is 99.1 cm³/mol. The molecule has 0 radical (unpaired) electrons. The summed E-state index contributed by atoms with van der Waals surface area (Å²) < 4.78 is 0. The fourth-order valence-electron chi connectivity index (χ4n) is 2.66. The minimum atomic E-state index is 0.701. The first-order valence-electron chi connectivity index (χ1n) is 9.33. The van der Waals surface area contributed by atoms with Gasteiger partial charge in [0.05, 0.1) is 0 Å². The van der Waals surface area contributed by atoms with E-state index in [1.165, 1.54) is 45.6 Å². The summed E-state index contributed by atoms with van der Waals surface area (Å²) in [7, 11) is 0. The maximum absolute atomic E-state index is 2.56. The van der Waals surface area contributed by atoms with E-state index in [4.69, 9.17) is 0 Å². The van der Waals surface area contributed by atoms with Gasteiger partial charge in [-0.2, -0.15) is 0 Å². The van der Waals surface area contributed by atoms with Crippen LogP contribution in [0.1, 0.15) is 75.2 Å². The summed E-state index contributed by atoms with van der Waals surface area (Å²) in [6.45, 7) is 26.3. The van der Waals surface area contributed by atoms with Gasteiger partial charge in [0, 0.05) is 19.1 Å². The molecule has 0 spiro atoms. The second-order valence-corrected chi connectivity index (χ2v) is 6.98. The van der Waals surface area contributed by atoms with Crippen LogP contribution in [-0.2, 0) is 0 Å². The van der Waals surface area contributed by atoms with Crippen LogP contribution < -0.4 is 0 Å². The SMILES string of the molecule is CC.CC(C)CN1CCCC1.CCN(CC(C)C)C(C)C. The quantitative estimate of drug-likeness (QED) is 0.670. The zero-order chi connectivity index (χ0) is 16.8. The third kappa shape index (κ3) is 14.6. The van der Waals surface area contributed by atoms with Crippen molar-refractivity contribution < 1.29 is 0 Å². The van der Waals surface area contributed by atoms with Gasteiger partial charge in [0.2, 0.25) is 0 Å². The molecule has 0 aliphatic carbocycles. The highest BCUT2D eigenvalue weighted by Gasteiger charge is 2.11. The molecule has 1 fully saturated rings. The summed E-state index contributed by atoms with van der Waals surface area (Å²) in [6.07, 6.45) is 2.85. The lowest BCUT2D eigenvalue weighted by atomic mass is 10.2. The predicted octanol–water partition coefficient (Wildman–Crippen LogP) is 5.14. The zero-order valence-electron chi connectivity index (χ0n) is 16.6. The molecule has 0 aromatic rings. The van der Waals surface area contributed by atoms with Crippen LogP contribution in [-0.4, -0.2) is 48.6 Å². The Kier molecular flexibility index (Phi) is 16.4. The van der Waals surface area contributed by atoms with Crippen LogP contribution in [0.5, 0.6) is 0 Å². The molecular formula is C19H44N2.